The van der Waals surface area contributed by atoms with E-state index < -0.39 is 5.56 Å². The van der Waals surface area contributed by atoms with Crippen molar-refractivity contribution in [1.82, 2.24) is 14.8 Å². The van der Waals surface area contributed by atoms with Gasteiger partial charge in [-0.2, -0.15) is 5.10 Å². The lowest BCUT2D eigenvalue weighted by Gasteiger charge is -2.07. The zero-order valence-electron chi connectivity index (χ0n) is 14.3. The van der Waals surface area contributed by atoms with E-state index in [1.165, 1.54) is 29.5 Å². The monoisotopic (exact) mass is 372 g/mol. The van der Waals surface area contributed by atoms with Gasteiger partial charge in [-0.05, 0) is 43.7 Å². The molecule has 0 aliphatic carbocycles. The molecule has 0 saturated carbocycles. The quantitative estimate of drug-likeness (QED) is 0.747. The molecule has 8 heteroatoms. The Balaban J connectivity index is 1.78. The smallest absolute Gasteiger partial charge is 0.267 e. The molecule has 0 saturated heterocycles. The van der Waals surface area contributed by atoms with Crippen molar-refractivity contribution in [2.75, 3.05) is 5.32 Å². The van der Waals surface area contributed by atoms with Crippen molar-refractivity contribution in [1.29, 1.82) is 0 Å². The molecule has 0 spiro atoms. The van der Waals surface area contributed by atoms with Crippen LogP contribution in [0.1, 0.15) is 17.5 Å². The number of halogens is 1. The van der Waals surface area contributed by atoms with Gasteiger partial charge in [0.2, 0.25) is 5.91 Å². The zero-order chi connectivity index (χ0) is 18.7. The van der Waals surface area contributed by atoms with Crippen LogP contribution in [0.2, 0.25) is 0 Å². The second-order valence-corrected chi connectivity index (χ2v) is 6.85. The number of hydrogen-bond donors (Lipinski definition) is 1. The third kappa shape index (κ3) is 4.02. The van der Waals surface area contributed by atoms with E-state index in [-0.39, 0.29) is 18.3 Å². The van der Waals surface area contributed by atoms with Crippen LogP contribution in [0.3, 0.4) is 0 Å². The van der Waals surface area contributed by atoms with Crippen LogP contribution in [0.4, 0.5) is 9.52 Å². The summed E-state index contributed by atoms with van der Waals surface area (Å²) in [4.78, 5) is 29.6. The Morgan fingerprint density at radius 1 is 1.23 bits per heavy atom. The highest BCUT2D eigenvalue weighted by atomic mass is 32.1. The molecule has 0 aliphatic heterocycles. The molecule has 1 amide bonds. The van der Waals surface area contributed by atoms with Gasteiger partial charge in [0, 0.05) is 16.5 Å². The molecule has 1 aromatic carbocycles. The Morgan fingerprint density at radius 2 is 1.96 bits per heavy atom. The Morgan fingerprint density at radius 3 is 2.62 bits per heavy atom. The number of benzene rings is 1. The fourth-order valence-corrected chi connectivity index (χ4v) is 3.36. The summed E-state index contributed by atoms with van der Waals surface area (Å²) in [5, 5.41) is 7.40. The Kier molecular flexibility index (Phi) is 5.22. The molecule has 3 rings (SSSR count). The molecule has 6 nitrogen and oxygen atoms in total. The predicted molar refractivity (Wildman–Crippen MR) is 98.7 cm³/mol. The number of thiazole rings is 1. The maximum Gasteiger partial charge on any atom is 0.267 e. The van der Waals surface area contributed by atoms with Crippen molar-refractivity contribution in [3.8, 4) is 11.3 Å². The first-order valence-electron chi connectivity index (χ1n) is 8.06. The summed E-state index contributed by atoms with van der Waals surface area (Å²) in [7, 11) is 0. The van der Waals surface area contributed by atoms with Crippen LogP contribution in [0, 0.1) is 12.7 Å². The predicted octanol–water partition coefficient (Wildman–Crippen LogP) is 3.02. The summed E-state index contributed by atoms with van der Waals surface area (Å²) in [6.07, 6.45) is 0.791. The van der Waals surface area contributed by atoms with Gasteiger partial charge in [0.05, 0.1) is 11.4 Å². The van der Waals surface area contributed by atoms with Crippen molar-refractivity contribution in [3.05, 3.63) is 63.1 Å². The molecule has 0 unspecified atom stereocenters. The van der Waals surface area contributed by atoms with Gasteiger partial charge in [-0.3, -0.25) is 9.59 Å². The van der Waals surface area contributed by atoms with E-state index in [2.05, 4.69) is 15.4 Å². The maximum atomic E-state index is 13.0. The molecule has 1 N–H and O–H groups in total. The van der Waals surface area contributed by atoms with Crippen molar-refractivity contribution in [3.63, 3.8) is 0 Å². The fraction of sp³-hybridized carbons (Fsp3) is 0.222. The first kappa shape index (κ1) is 17.9. The van der Waals surface area contributed by atoms with Gasteiger partial charge in [-0.15, -0.1) is 11.3 Å². The minimum absolute atomic E-state index is 0.228. The molecule has 0 atom stereocenters. The fourth-order valence-electron chi connectivity index (χ4n) is 2.44. The summed E-state index contributed by atoms with van der Waals surface area (Å²) in [6.45, 7) is 3.72. The normalized spacial score (nSPS) is 10.7. The number of rotatable bonds is 5. The molecule has 0 radical (unpaired) electrons. The highest BCUT2D eigenvalue weighted by Crippen LogP contribution is 2.22. The number of nitrogens with one attached hydrogen (secondary N) is 1. The molecule has 3 aromatic rings. The van der Waals surface area contributed by atoms with Crippen LogP contribution >= 0.6 is 11.3 Å². The van der Waals surface area contributed by atoms with Gasteiger partial charge in [0.1, 0.15) is 12.4 Å². The summed E-state index contributed by atoms with van der Waals surface area (Å²) >= 11 is 1.40. The van der Waals surface area contributed by atoms with Crippen LogP contribution < -0.4 is 10.9 Å². The maximum absolute atomic E-state index is 13.0. The average molecular weight is 372 g/mol. The van der Waals surface area contributed by atoms with Gasteiger partial charge in [-0.1, -0.05) is 6.92 Å². The van der Waals surface area contributed by atoms with Crippen LogP contribution in [0.5, 0.6) is 0 Å². The molecule has 2 aromatic heterocycles. The molecule has 134 valence electrons. The molecule has 2 heterocycles. The number of amides is 1. The van der Waals surface area contributed by atoms with Gasteiger partial charge < -0.3 is 5.32 Å². The molecule has 26 heavy (non-hydrogen) atoms. The summed E-state index contributed by atoms with van der Waals surface area (Å²) < 4.78 is 14.1. The van der Waals surface area contributed by atoms with E-state index in [9.17, 15) is 14.0 Å². The van der Waals surface area contributed by atoms with Crippen LogP contribution in [0.25, 0.3) is 11.3 Å². The second-order valence-electron chi connectivity index (χ2n) is 5.64. The van der Waals surface area contributed by atoms with Crippen LogP contribution in [0.15, 0.2) is 41.2 Å². The highest BCUT2D eigenvalue weighted by Gasteiger charge is 2.12. The van der Waals surface area contributed by atoms with Crippen molar-refractivity contribution in [2.24, 2.45) is 0 Å². The Bertz CT molecular complexity index is 995. The minimum atomic E-state index is -0.393. The lowest BCUT2D eigenvalue weighted by molar-refractivity contribution is -0.117. The average Bonchev–Trinajstić information content (AvgIpc) is 2.97. The van der Waals surface area contributed by atoms with Gasteiger partial charge >= 0.3 is 0 Å². The number of anilines is 1. The van der Waals surface area contributed by atoms with E-state index in [0.717, 1.165) is 21.7 Å². The Labute approximate surface area is 153 Å². The third-order valence-corrected chi connectivity index (χ3v) is 4.70. The first-order valence-corrected chi connectivity index (χ1v) is 8.88. The molecular weight excluding hydrogens is 355 g/mol. The van der Waals surface area contributed by atoms with Gasteiger partial charge in [0.25, 0.3) is 5.56 Å². The van der Waals surface area contributed by atoms with E-state index in [1.54, 1.807) is 18.2 Å². The van der Waals surface area contributed by atoms with Crippen molar-refractivity contribution >= 4 is 22.4 Å². The summed E-state index contributed by atoms with van der Waals surface area (Å²) in [5.74, 6) is -0.737. The lowest BCUT2D eigenvalue weighted by Crippen LogP contribution is -2.29. The second kappa shape index (κ2) is 7.57. The van der Waals surface area contributed by atoms with Crippen molar-refractivity contribution < 1.29 is 9.18 Å². The number of carbonyl (C=O) groups is 1. The number of carbonyl (C=O) groups excluding carboxylic acids is 1. The first-order chi connectivity index (χ1) is 12.5. The van der Waals surface area contributed by atoms with E-state index >= 15 is 0 Å². The van der Waals surface area contributed by atoms with Gasteiger partial charge in [-0.25, -0.2) is 14.1 Å². The topological polar surface area (TPSA) is 76.9 Å². The lowest BCUT2D eigenvalue weighted by atomic mass is 10.1. The molecular formula is C18H17FN4O2S. The number of aryl methyl sites for hydroxylation is 2. The third-order valence-electron chi connectivity index (χ3n) is 3.77. The van der Waals surface area contributed by atoms with Crippen LogP contribution in [-0.2, 0) is 17.8 Å². The minimum Gasteiger partial charge on any atom is -0.300 e. The summed E-state index contributed by atoms with van der Waals surface area (Å²) in [5.41, 5.74) is 1.69. The number of hydrogen-bond acceptors (Lipinski definition) is 5. The number of nitrogens with zero attached hydrogens (tertiary/aromatic N) is 3. The molecule has 0 bridgehead atoms. The molecule has 0 aliphatic rings. The van der Waals surface area contributed by atoms with E-state index in [0.29, 0.717) is 16.4 Å². The zero-order valence-corrected chi connectivity index (χ0v) is 15.1. The molecule has 0 fully saturated rings. The highest BCUT2D eigenvalue weighted by molar-refractivity contribution is 7.15. The van der Waals surface area contributed by atoms with Crippen molar-refractivity contribution in [2.45, 2.75) is 26.8 Å². The number of aromatic nitrogens is 3. The van der Waals surface area contributed by atoms with Gasteiger partial charge in [0.15, 0.2) is 5.13 Å². The largest absolute Gasteiger partial charge is 0.300 e. The standard InChI is InChI=1S/C18H17FN4O2S/c1-3-14-11(2)26-18(20-14)21-16(24)10-23-17(25)9-8-15(22-23)12-4-6-13(19)7-5-12/h4-9H,3,10H2,1-2H3,(H,20,21,24). The van der Waals surface area contributed by atoms with E-state index in [1.807, 2.05) is 13.8 Å². The van der Waals surface area contributed by atoms with Crippen LogP contribution in [-0.4, -0.2) is 20.7 Å². The summed E-state index contributed by atoms with van der Waals surface area (Å²) in [6, 6.07) is 8.64. The SMILES string of the molecule is CCc1nc(NC(=O)Cn2nc(-c3ccc(F)cc3)ccc2=O)sc1C. The Hall–Kier alpha value is -2.87. The van der Waals surface area contributed by atoms with E-state index in [4.69, 9.17) is 0 Å².